The Labute approximate surface area is 91.5 Å². The molecule has 1 aromatic carbocycles. The molecule has 2 nitrogen and oxygen atoms in total. The maximum Gasteiger partial charge on any atom is 0.131 e. The SMILES string of the molecule is Oc1cc2c(cc1Br)C1(CCN2)CC1. The Balaban J connectivity index is 2.18. The predicted molar refractivity (Wildman–Crippen MR) is 59.8 cm³/mol. The Morgan fingerprint density at radius 2 is 2.07 bits per heavy atom. The highest BCUT2D eigenvalue weighted by Gasteiger charge is 2.47. The maximum atomic E-state index is 9.58. The zero-order chi connectivity index (χ0) is 9.76. The minimum atomic E-state index is 0.328. The molecule has 0 amide bonds. The lowest BCUT2D eigenvalue weighted by molar-refractivity contribution is 0.471. The molecule has 1 saturated carbocycles. The number of nitrogens with one attached hydrogen (secondary N) is 1. The van der Waals surface area contributed by atoms with Gasteiger partial charge in [0, 0.05) is 18.3 Å². The predicted octanol–water partition coefficient (Wildman–Crippen LogP) is 3.00. The fourth-order valence-corrected chi connectivity index (χ4v) is 2.73. The van der Waals surface area contributed by atoms with Gasteiger partial charge >= 0.3 is 0 Å². The fourth-order valence-electron chi connectivity index (χ4n) is 2.39. The van der Waals surface area contributed by atoms with Crippen molar-refractivity contribution in [3.05, 3.63) is 22.2 Å². The van der Waals surface area contributed by atoms with Gasteiger partial charge in [-0.25, -0.2) is 0 Å². The zero-order valence-electron chi connectivity index (χ0n) is 7.81. The molecule has 1 aliphatic heterocycles. The van der Waals surface area contributed by atoms with E-state index >= 15 is 0 Å². The first-order chi connectivity index (χ1) is 6.71. The van der Waals surface area contributed by atoms with E-state index in [1.807, 2.05) is 6.07 Å². The first kappa shape index (κ1) is 8.60. The molecule has 1 aromatic rings. The van der Waals surface area contributed by atoms with E-state index in [0.29, 0.717) is 11.2 Å². The Hall–Kier alpha value is -0.700. The molecule has 0 saturated heterocycles. The molecule has 3 rings (SSSR count). The number of phenols is 1. The molecule has 1 aliphatic carbocycles. The van der Waals surface area contributed by atoms with Crippen LogP contribution >= 0.6 is 15.9 Å². The van der Waals surface area contributed by atoms with Crippen molar-refractivity contribution >= 4 is 21.6 Å². The Morgan fingerprint density at radius 3 is 2.79 bits per heavy atom. The van der Waals surface area contributed by atoms with Crippen LogP contribution in [-0.2, 0) is 5.41 Å². The lowest BCUT2D eigenvalue weighted by atomic mass is 9.88. The quantitative estimate of drug-likeness (QED) is 0.745. The summed E-state index contributed by atoms with van der Waals surface area (Å²) in [5, 5.41) is 12.9. The highest BCUT2D eigenvalue weighted by atomic mass is 79.9. The average Bonchev–Trinajstić information content (AvgIpc) is 2.91. The van der Waals surface area contributed by atoms with Crippen LogP contribution in [0.5, 0.6) is 5.75 Å². The number of phenolic OH excluding ortho intramolecular Hbond substituents is 1. The smallest absolute Gasteiger partial charge is 0.131 e. The summed E-state index contributed by atoms with van der Waals surface area (Å²) in [5.41, 5.74) is 2.94. The number of fused-ring (bicyclic) bond motifs is 2. The van der Waals surface area contributed by atoms with Crippen LogP contribution in [0.1, 0.15) is 24.8 Å². The van der Waals surface area contributed by atoms with Gasteiger partial charge in [0.15, 0.2) is 0 Å². The lowest BCUT2D eigenvalue weighted by Gasteiger charge is -2.27. The molecule has 0 bridgehead atoms. The topological polar surface area (TPSA) is 32.3 Å². The van der Waals surface area contributed by atoms with Crippen LogP contribution in [0.15, 0.2) is 16.6 Å². The first-order valence-electron chi connectivity index (χ1n) is 4.98. The second-order valence-corrected chi connectivity index (χ2v) is 5.16. The van der Waals surface area contributed by atoms with Gasteiger partial charge in [-0.15, -0.1) is 0 Å². The molecule has 0 atom stereocenters. The van der Waals surface area contributed by atoms with E-state index in [-0.39, 0.29) is 0 Å². The Kier molecular flexibility index (Phi) is 1.63. The third-order valence-electron chi connectivity index (χ3n) is 3.43. The van der Waals surface area contributed by atoms with Crippen molar-refractivity contribution in [3.8, 4) is 5.75 Å². The number of hydrogen-bond acceptors (Lipinski definition) is 2. The number of rotatable bonds is 0. The molecular formula is C11H12BrNO. The van der Waals surface area contributed by atoms with E-state index in [9.17, 15) is 5.11 Å². The van der Waals surface area contributed by atoms with E-state index in [1.54, 1.807) is 0 Å². The maximum absolute atomic E-state index is 9.58. The normalized spacial score (nSPS) is 21.5. The van der Waals surface area contributed by atoms with Crippen LogP contribution in [0.4, 0.5) is 5.69 Å². The summed E-state index contributed by atoms with van der Waals surface area (Å²) in [4.78, 5) is 0. The molecule has 14 heavy (non-hydrogen) atoms. The molecule has 0 unspecified atom stereocenters. The molecule has 1 heterocycles. The van der Waals surface area contributed by atoms with E-state index in [2.05, 4.69) is 27.3 Å². The highest BCUT2D eigenvalue weighted by Crippen LogP contribution is 2.56. The number of anilines is 1. The summed E-state index contributed by atoms with van der Waals surface area (Å²) < 4.78 is 0.811. The highest BCUT2D eigenvalue weighted by molar-refractivity contribution is 9.10. The zero-order valence-corrected chi connectivity index (χ0v) is 9.39. The summed E-state index contributed by atoms with van der Waals surface area (Å²) in [7, 11) is 0. The number of halogens is 1. The van der Waals surface area contributed by atoms with Crippen molar-refractivity contribution in [2.24, 2.45) is 0 Å². The first-order valence-corrected chi connectivity index (χ1v) is 5.77. The summed E-state index contributed by atoms with van der Waals surface area (Å²) in [5.74, 6) is 0.328. The third kappa shape index (κ3) is 1.08. The van der Waals surface area contributed by atoms with Crippen molar-refractivity contribution in [2.45, 2.75) is 24.7 Å². The molecule has 2 N–H and O–H groups in total. The molecule has 0 aromatic heterocycles. The van der Waals surface area contributed by atoms with Crippen LogP contribution in [-0.4, -0.2) is 11.7 Å². The lowest BCUT2D eigenvalue weighted by Crippen LogP contribution is -2.21. The molecular weight excluding hydrogens is 242 g/mol. The van der Waals surface area contributed by atoms with Crippen LogP contribution in [0.25, 0.3) is 0 Å². The molecule has 74 valence electrons. The minimum Gasteiger partial charge on any atom is -0.507 e. The Morgan fingerprint density at radius 1 is 1.29 bits per heavy atom. The van der Waals surface area contributed by atoms with Crippen molar-refractivity contribution in [2.75, 3.05) is 11.9 Å². The summed E-state index contributed by atoms with van der Waals surface area (Å²) >= 11 is 3.38. The number of hydrogen-bond donors (Lipinski definition) is 2. The van der Waals surface area contributed by atoms with Crippen molar-refractivity contribution in [3.63, 3.8) is 0 Å². The van der Waals surface area contributed by atoms with Crippen LogP contribution in [0, 0.1) is 0 Å². The molecule has 0 radical (unpaired) electrons. The van der Waals surface area contributed by atoms with Crippen molar-refractivity contribution in [1.29, 1.82) is 0 Å². The van der Waals surface area contributed by atoms with E-state index in [0.717, 1.165) is 16.7 Å². The van der Waals surface area contributed by atoms with E-state index in [1.165, 1.54) is 24.8 Å². The van der Waals surface area contributed by atoms with Crippen LogP contribution in [0.2, 0.25) is 0 Å². The van der Waals surface area contributed by atoms with Crippen LogP contribution in [0.3, 0.4) is 0 Å². The van der Waals surface area contributed by atoms with Gasteiger partial charge < -0.3 is 10.4 Å². The van der Waals surface area contributed by atoms with E-state index in [4.69, 9.17) is 0 Å². The van der Waals surface area contributed by atoms with Crippen molar-refractivity contribution < 1.29 is 5.11 Å². The number of aromatic hydroxyl groups is 1. The largest absolute Gasteiger partial charge is 0.507 e. The standard InChI is InChI=1S/C11H12BrNO/c12-8-5-7-9(6-10(8)14)13-4-3-11(7)1-2-11/h5-6,13-14H,1-4H2. The molecule has 2 aliphatic rings. The van der Waals surface area contributed by atoms with Crippen molar-refractivity contribution in [1.82, 2.24) is 0 Å². The fraction of sp³-hybridized carbons (Fsp3) is 0.455. The van der Waals surface area contributed by atoms with Gasteiger partial charge in [-0.1, -0.05) is 0 Å². The molecule has 3 heteroatoms. The van der Waals surface area contributed by atoms with E-state index < -0.39 is 0 Å². The van der Waals surface area contributed by atoms with Gasteiger partial charge in [0.2, 0.25) is 0 Å². The van der Waals surface area contributed by atoms with Gasteiger partial charge in [0.05, 0.1) is 4.47 Å². The minimum absolute atomic E-state index is 0.328. The Bertz CT molecular complexity index is 399. The monoisotopic (exact) mass is 253 g/mol. The summed E-state index contributed by atoms with van der Waals surface area (Å²) in [6, 6.07) is 3.91. The van der Waals surface area contributed by atoms with Gasteiger partial charge in [-0.3, -0.25) is 0 Å². The van der Waals surface area contributed by atoms with Gasteiger partial charge in [-0.05, 0) is 52.2 Å². The van der Waals surface area contributed by atoms with Crippen LogP contribution < -0.4 is 5.32 Å². The average molecular weight is 254 g/mol. The van der Waals surface area contributed by atoms with Gasteiger partial charge in [0.1, 0.15) is 5.75 Å². The second kappa shape index (κ2) is 2.66. The van der Waals surface area contributed by atoms with Gasteiger partial charge in [0.25, 0.3) is 0 Å². The molecule has 1 fully saturated rings. The van der Waals surface area contributed by atoms with Gasteiger partial charge in [-0.2, -0.15) is 0 Å². The second-order valence-electron chi connectivity index (χ2n) is 4.31. The summed E-state index contributed by atoms with van der Waals surface area (Å²) in [6.07, 6.45) is 3.84. The third-order valence-corrected chi connectivity index (χ3v) is 4.07. The summed E-state index contributed by atoms with van der Waals surface area (Å²) in [6.45, 7) is 1.04. The number of benzene rings is 1. The molecule has 1 spiro atoms.